The summed E-state index contributed by atoms with van der Waals surface area (Å²) < 4.78 is 19.0. The van der Waals surface area contributed by atoms with Crippen LogP contribution in [0.4, 0.5) is 25.4 Å². The number of hydrogen-bond donors (Lipinski definition) is 1. The molecular formula is C32H30ClFN4O4. The fraction of sp³-hybridized carbons (Fsp3) is 0.281. The van der Waals surface area contributed by atoms with Crippen LogP contribution >= 0.6 is 11.6 Å². The number of nitrogens with zero attached hydrogens (tertiary/aromatic N) is 4. The molecule has 6 rings (SSSR count). The van der Waals surface area contributed by atoms with Gasteiger partial charge in [0.1, 0.15) is 11.6 Å². The minimum atomic E-state index is -1.39. The first-order chi connectivity index (χ1) is 20.3. The number of fused-ring (bicyclic) bond motifs is 2. The largest absolute Gasteiger partial charge is 0.511 e. The molecule has 0 saturated carbocycles. The van der Waals surface area contributed by atoms with Crippen LogP contribution in [0, 0.1) is 5.82 Å². The zero-order valence-electron chi connectivity index (χ0n) is 23.0. The van der Waals surface area contributed by atoms with Crippen molar-refractivity contribution >= 4 is 45.9 Å². The van der Waals surface area contributed by atoms with Crippen molar-refractivity contribution in [3.63, 3.8) is 0 Å². The Morgan fingerprint density at radius 1 is 1.02 bits per heavy atom. The number of halogens is 2. The van der Waals surface area contributed by atoms with Crippen molar-refractivity contribution in [2.45, 2.75) is 37.8 Å². The molecule has 1 aliphatic heterocycles. The number of carbonyl (C=O) groups excluding carboxylic acids is 1. The number of rotatable bonds is 5. The molecule has 1 aliphatic carbocycles. The standard InChI is InChI=1S/C32H30ClFN4O4/c1-36(30-9-4-20-3-7-26(18-27(20)30)42-32(40)41)31(39)38(25-6-8-29(34)28(33)17-25)23-11-14-37(15-12-23)24-5-2-22-19-35-13-10-21(22)16-24/h2-3,5-8,10,13,16-19,23,30H,4,9,11-12,14-15H2,1H3,(H,40,41). The average Bonchev–Trinajstić information content (AvgIpc) is 3.41. The van der Waals surface area contributed by atoms with Crippen LogP contribution in [0.25, 0.3) is 10.8 Å². The Kier molecular flexibility index (Phi) is 7.60. The van der Waals surface area contributed by atoms with E-state index in [1.165, 1.54) is 12.1 Å². The molecule has 2 amide bonds. The highest BCUT2D eigenvalue weighted by atomic mass is 35.5. The summed E-state index contributed by atoms with van der Waals surface area (Å²) in [7, 11) is 1.75. The zero-order valence-corrected chi connectivity index (χ0v) is 23.8. The maximum Gasteiger partial charge on any atom is 0.511 e. The fourth-order valence-electron chi connectivity index (χ4n) is 6.19. The number of carbonyl (C=O) groups is 2. The molecule has 1 atom stereocenters. The van der Waals surface area contributed by atoms with Gasteiger partial charge in [-0.3, -0.25) is 9.88 Å². The van der Waals surface area contributed by atoms with Crippen LogP contribution in [-0.2, 0) is 6.42 Å². The summed E-state index contributed by atoms with van der Waals surface area (Å²) in [6, 6.07) is 17.3. The van der Waals surface area contributed by atoms with Gasteiger partial charge in [0, 0.05) is 55.3 Å². The smallest absolute Gasteiger partial charge is 0.449 e. The molecule has 0 spiro atoms. The van der Waals surface area contributed by atoms with E-state index in [4.69, 9.17) is 21.4 Å². The zero-order chi connectivity index (χ0) is 29.4. The lowest BCUT2D eigenvalue weighted by Crippen LogP contribution is -2.52. The third-order valence-electron chi connectivity index (χ3n) is 8.34. The maximum atomic E-state index is 14.3. The van der Waals surface area contributed by atoms with Gasteiger partial charge in [-0.05, 0) is 90.7 Å². The van der Waals surface area contributed by atoms with Crippen molar-refractivity contribution in [2.24, 2.45) is 0 Å². The molecule has 4 aromatic rings. The Hall–Kier alpha value is -4.37. The molecule has 1 unspecified atom stereocenters. The van der Waals surface area contributed by atoms with Crippen LogP contribution < -0.4 is 14.5 Å². The van der Waals surface area contributed by atoms with Gasteiger partial charge >= 0.3 is 12.2 Å². The van der Waals surface area contributed by atoms with E-state index in [-0.39, 0.29) is 28.9 Å². The van der Waals surface area contributed by atoms with Gasteiger partial charge in [-0.25, -0.2) is 14.0 Å². The predicted molar refractivity (Wildman–Crippen MR) is 160 cm³/mol. The Morgan fingerprint density at radius 3 is 2.60 bits per heavy atom. The van der Waals surface area contributed by atoms with E-state index in [1.54, 1.807) is 41.2 Å². The van der Waals surface area contributed by atoms with Gasteiger partial charge in [0.05, 0.1) is 11.1 Å². The number of hydrogen-bond acceptors (Lipinski definition) is 5. The molecule has 216 valence electrons. The lowest BCUT2D eigenvalue weighted by atomic mass is 10.0. The summed E-state index contributed by atoms with van der Waals surface area (Å²) in [6.07, 6.45) is 5.12. The average molecular weight is 589 g/mol. The number of piperidine rings is 1. The molecule has 2 aliphatic rings. The number of benzene rings is 3. The van der Waals surface area contributed by atoms with Crippen LogP contribution in [0.1, 0.15) is 36.4 Å². The fourth-order valence-corrected chi connectivity index (χ4v) is 6.37. The van der Waals surface area contributed by atoms with Crippen LogP contribution in [0.15, 0.2) is 73.1 Å². The number of urea groups is 1. The van der Waals surface area contributed by atoms with Gasteiger partial charge < -0.3 is 19.6 Å². The minimum Gasteiger partial charge on any atom is -0.449 e. The number of pyridine rings is 1. The molecule has 8 nitrogen and oxygen atoms in total. The van der Waals surface area contributed by atoms with E-state index in [2.05, 4.69) is 28.1 Å². The number of aromatic nitrogens is 1. The van der Waals surface area contributed by atoms with Crippen LogP contribution in [0.3, 0.4) is 0 Å². The normalized spacial score (nSPS) is 16.7. The quantitative estimate of drug-likeness (QED) is 0.194. The highest BCUT2D eigenvalue weighted by Gasteiger charge is 2.36. The maximum absolute atomic E-state index is 14.3. The molecule has 1 fully saturated rings. The second-order valence-electron chi connectivity index (χ2n) is 10.8. The van der Waals surface area contributed by atoms with Crippen molar-refractivity contribution in [3.05, 3.63) is 95.0 Å². The third kappa shape index (κ3) is 5.44. The molecule has 1 saturated heterocycles. The molecule has 3 aromatic carbocycles. The summed E-state index contributed by atoms with van der Waals surface area (Å²) in [4.78, 5) is 35.3. The molecule has 2 heterocycles. The van der Waals surface area contributed by atoms with Crippen molar-refractivity contribution < 1.29 is 23.8 Å². The highest BCUT2D eigenvalue weighted by Crippen LogP contribution is 2.39. The van der Waals surface area contributed by atoms with E-state index in [9.17, 15) is 14.0 Å². The molecule has 10 heteroatoms. The third-order valence-corrected chi connectivity index (χ3v) is 8.63. The second-order valence-corrected chi connectivity index (χ2v) is 11.2. The van der Waals surface area contributed by atoms with Gasteiger partial charge in [0.15, 0.2) is 0 Å². The van der Waals surface area contributed by atoms with Crippen molar-refractivity contribution in [1.82, 2.24) is 9.88 Å². The van der Waals surface area contributed by atoms with Crippen LogP contribution in [-0.4, -0.2) is 53.4 Å². The SMILES string of the molecule is CN(C(=O)N(c1ccc(F)c(Cl)c1)C1CCN(c2ccc3cnccc3c2)CC1)C1CCc2ccc(OC(=O)O)cc21. The van der Waals surface area contributed by atoms with E-state index in [0.717, 1.165) is 47.1 Å². The first kappa shape index (κ1) is 27.8. The monoisotopic (exact) mass is 588 g/mol. The minimum absolute atomic E-state index is 0.0438. The van der Waals surface area contributed by atoms with Crippen molar-refractivity contribution in [2.75, 3.05) is 29.9 Å². The van der Waals surface area contributed by atoms with Gasteiger partial charge in [0.25, 0.3) is 0 Å². The first-order valence-corrected chi connectivity index (χ1v) is 14.3. The second kappa shape index (κ2) is 11.5. The van der Waals surface area contributed by atoms with Crippen LogP contribution in [0.5, 0.6) is 5.75 Å². The molecule has 0 radical (unpaired) electrons. The number of ether oxygens (including phenoxy) is 1. The predicted octanol–water partition coefficient (Wildman–Crippen LogP) is 7.30. The van der Waals surface area contributed by atoms with Gasteiger partial charge in [0.2, 0.25) is 0 Å². The van der Waals surface area contributed by atoms with Gasteiger partial charge in [-0.15, -0.1) is 0 Å². The summed E-state index contributed by atoms with van der Waals surface area (Å²) in [5, 5.41) is 11.2. The van der Waals surface area contributed by atoms with Crippen molar-refractivity contribution in [1.29, 1.82) is 0 Å². The number of carboxylic acid groups (broad SMARTS) is 1. The van der Waals surface area contributed by atoms with E-state index < -0.39 is 12.0 Å². The molecule has 1 N–H and O–H groups in total. The first-order valence-electron chi connectivity index (χ1n) is 13.9. The Balaban J connectivity index is 1.25. The van der Waals surface area contributed by atoms with E-state index in [0.29, 0.717) is 24.9 Å². The Bertz CT molecular complexity index is 1660. The summed E-state index contributed by atoms with van der Waals surface area (Å²) in [6.45, 7) is 1.48. The number of anilines is 2. The van der Waals surface area contributed by atoms with E-state index in [1.807, 2.05) is 18.3 Å². The molecular weight excluding hydrogens is 559 g/mol. The lowest BCUT2D eigenvalue weighted by Gasteiger charge is -2.42. The molecule has 1 aromatic heterocycles. The summed E-state index contributed by atoms with van der Waals surface area (Å²) >= 11 is 6.18. The Morgan fingerprint density at radius 2 is 1.83 bits per heavy atom. The van der Waals surface area contributed by atoms with Gasteiger partial charge in [-0.2, -0.15) is 0 Å². The van der Waals surface area contributed by atoms with Crippen molar-refractivity contribution in [3.8, 4) is 5.75 Å². The molecule has 0 bridgehead atoms. The lowest BCUT2D eigenvalue weighted by molar-refractivity contribution is 0.144. The summed E-state index contributed by atoms with van der Waals surface area (Å²) in [5.74, 6) is -0.327. The van der Waals surface area contributed by atoms with E-state index >= 15 is 0 Å². The molecule has 42 heavy (non-hydrogen) atoms. The summed E-state index contributed by atoms with van der Waals surface area (Å²) in [5.41, 5.74) is 3.57. The Labute approximate surface area is 247 Å². The topological polar surface area (TPSA) is 86.2 Å². The van der Waals surface area contributed by atoms with Crippen LogP contribution in [0.2, 0.25) is 5.02 Å². The highest BCUT2D eigenvalue weighted by molar-refractivity contribution is 6.31. The number of aryl methyl sites for hydroxylation is 1. The number of amides is 2. The van der Waals surface area contributed by atoms with Gasteiger partial charge in [-0.1, -0.05) is 23.7 Å².